The summed E-state index contributed by atoms with van der Waals surface area (Å²) >= 11 is 0. The van der Waals surface area contributed by atoms with Crippen molar-refractivity contribution in [3.63, 3.8) is 0 Å². The molecule has 37 heavy (non-hydrogen) atoms. The van der Waals surface area contributed by atoms with Crippen LogP contribution in [0.3, 0.4) is 0 Å². The van der Waals surface area contributed by atoms with Gasteiger partial charge in [0.25, 0.3) is 0 Å². The number of carbonyl (C=O) groups excluding carboxylic acids is 2. The fourth-order valence-electron chi connectivity index (χ4n) is 4.27. The van der Waals surface area contributed by atoms with Crippen LogP contribution in [0.1, 0.15) is 32.1 Å². The Morgan fingerprint density at radius 2 is 1.73 bits per heavy atom. The van der Waals surface area contributed by atoms with Crippen LogP contribution in [-0.4, -0.2) is 62.3 Å². The van der Waals surface area contributed by atoms with Gasteiger partial charge in [0.15, 0.2) is 15.6 Å². The molecule has 1 saturated carbocycles. The molecule has 2 aliphatic rings. The van der Waals surface area contributed by atoms with Gasteiger partial charge in [0.05, 0.1) is 17.7 Å². The maximum absolute atomic E-state index is 12.9. The van der Waals surface area contributed by atoms with Crippen molar-refractivity contribution in [1.29, 1.82) is 0 Å². The maximum Gasteiger partial charge on any atom is 0.491 e. The number of amides is 1. The van der Waals surface area contributed by atoms with Crippen LogP contribution < -0.4 is 9.47 Å². The first-order valence-corrected chi connectivity index (χ1v) is 13.8. The van der Waals surface area contributed by atoms with Crippen LogP contribution in [0.2, 0.25) is 0 Å². The predicted octanol–water partition coefficient (Wildman–Crippen LogP) is 4.04. The normalized spacial score (nSPS) is 17.2. The summed E-state index contributed by atoms with van der Waals surface area (Å²) in [6, 6.07) is 6.46. The van der Waals surface area contributed by atoms with E-state index in [1.54, 1.807) is 0 Å². The first-order valence-electron chi connectivity index (χ1n) is 11.9. The predicted molar refractivity (Wildman–Crippen MR) is 127 cm³/mol. The van der Waals surface area contributed by atoms with E-state index in [4.69, 9.17) is 4.74 Å². The Labute approximate surface area is 212 Å². The summed E-state index contributed by atoms with van der Waals surface area (Å²) in [5, 5.41) is 0. The summed E-state index contributed by atoms with van der Waals surface area (Å²) in [6.45, 7) is 1.54. The number of nitrogens with zero attached hydrogens (tertiary/aromatic N) is 2. The first kappa shape index (κ1) is 26.9. The number of piperidine rings is 1. The van der Waals surface area contributed by atoms with Gasteiger partial charge < -0.3 is 14.4 Å². The summed E-state index contributed by atoms with van der Waals surface area (Å²) in [5.74, 6) is -2.25. The highest BCUT2D eigenvalue weighted by molar-refractivity contribution is 7.90. The third-order valence-corrected chi connectivity index (χ3v) is 7.81. The van der Waals surface area contributed by atoms with E-state index in [2.05, 4.69) is 9.72 Å². The Bertz CT molecular complexity index is 1250. The number of halogens is 3. The molecular formula is C25H27F3N2O6S. The largest absolute Gasteiger partial charge is 0.492 e. The van der Waals surface area contributed by atoms with Crippen molar-refractivity contribution in [2.24, 2.45) is 11.8 Å². The first-order chi connectivity index (χ1) is 17.4. The second-order valence-electron chi connectivity index (χ2n) is 9.41. The zero-order valence-electron chi connectivity index (χ0n) is 20.2. The molecule has 0 N–H and O–H groups in total. The molecule has 4 rings (SSSR count). The fraction of sp³-hybridized carbons (Fsp3) is 0.480. The molecule has 0 spiro atoms. The molecule has 1 aromatic heterocycles. The number of ether oxygens (including phenoxy) is 2. The second kappa shape index (κ2) is 10.7. The number of rotatable bonds is 7. The van der Waals surface area contributed by atoms with Crippen molar-refractivity contribution in [2.45, 2.75) is 43.2 Å². The molecule has 0 unspecified atom stereocenters. The van der Waals surface area contributed by atoms with E-state index in [-0.39, 0.29) is 46.3 Å². The lowest BCUT2D eigenvalue weighted by molar-refractivity contribution is -0.189. The molecule has 12 heteroatoms. The summed E-state index contributed by atoms with van der Waals surface area (Å²) in [6.07, 6.45) is 1.60. The Balaban J connectivity index is 1.46. The van der Waals surface area contributed by atoms with Crippen molar-refractivity contribution in [3.8, 4) is 22.8 Å². The highest BCUT2D eigenvalue weighted by atomic mass is 32.2. The molecule has 0 radical (unpaired) electrons. The quantitative estimate of drug-likeness (QED) is 0.489. The summed E-state index contributed by atoms with van der Waals surface area (Å²) in [7, 11) is -3.48. The van der Waals surface area contributed by atoms with E-state index in [0.717, 1.165) is 44.4 Å². The van der Waals surface area contributed by atoms with E-state index in [0.29, 0.717) is 13.1 Å². The average Bonchev–Trinajstić information content (AvgIpc) is 2.81. The zero-order valence-corrected chi connectivity index (χ0v) is 21.0. The van der Waals surface area contributed by atoms with Crippen molar-refractivity contribution >= 4 is 21.7 Å². The number of likely N-dealkylation sites (tertiary alicyclic amines) is 1. The molecule has 1 aliphatic carbocycles. The second-order valence-corrected chi connectivity index (χ2v) is 11.4. The van der Waals surface area contributed by atoms with Gasteiger partial charge in [-0.2, -0.15) is 13.2 Å². The average molecular weight is 541 g/mol. The van der Waals surface area contributed by atoms with Gasteiger partial charge in [-0.1, -0.05) is 18.6 Å². The number of carbonyl (C=O) groups is 2. The van der Waals surface area contributed by atoms with Crippen LogP contribution in [0, 0.1) is 11.8 Å². The number of alkyl halides is 3. The number of benzene rings is 1. The summed E-state index contributed by atoms with van der Waals surface area (Å²) in [5.41, 5.74) is 0.181. The van der Waals surface area contributed by atoms with Gasteiger partial charge in [-0.15, -0.1) is 0 Å². The standard InChI is InChI=1S/C25H27F3N2O6S/c1-37(33,34)20-7-5-17(6-8-20)22-21(36-24(32)25(26,27)28)13-19(14-29-22)35-15-16-9-11-30(12-10-16)23(31)18-3-2-4-18/h5-8,13-14,16,18H,2-4,9-12,15H2,1H3. The third kappa shape index (κ3) is 6.60. The van der Waals surface area contributed by atoms with Crippen molar-refractivity contribution in [3.05, 3.63) is 36.5 Å². The molecule has 200 valence electrons. The van der Waals surface area contributed by atoms with Crippen LogP contribution in [-0.2, 0) is 19.4 Å². The van der Waals surface area contributed by atoms with Gasteiger partial charge in [-0.25, -0.2) is 18.2 Å². The number of hydrogen-bond donors (Lipinski definition) is 0. The Morgan fingerprint density at radius 3 is 2.27 bits per heavy atom. The molecule has 1 saturated heterocycles. The molecule has 1 aromatic carbocycles. The number of pyridine rings is 1. The minimum atomic E-state index is -5.22. The third-order valence-electron chi connectivity index (χ3n) is 6.68. The minimum Gasteiger partial charge on any atom is -0.492 e. The lowest BCUT2D eigenvalue weighted by Crippen LogP contribution is -2.44. The van der Waals surface area contributed by atoms with Crippen LogP contribution in [0.15, 0.2) is 41.4 Å². The van der Waals surface area contributed by atoms with Crippen molar-refractivity contribution in [1.82, 2.24) is 9.88 Å². The maximum atomic E-state index is 12.9. The molecule has 0 bridgehead atoms. The van der Waals surface area contributed by atoms with Crippen LogP contribution >= 0.6 is 0 Å². The number of aromatic nitrogens is 1. The van der Waals surface area contributed by atoms with Crippen LogP contribution in [0.5, 0.6) is 11.5 Å². The molecule has 2 aromatic rings. The lowest BCUT2D eigenvalue weighted by atomic mass is 9.83. The molecule has 0 atom stereocenters. The van der Waals surface area contributed by atoms with Gasteiger partial charge in [-0.3, -0.25) is 4.79 Å². The molecule has 2 heterocycles. The number of sulfone groups is 1. The highest BCUT2D eigenvalue weighted by Gasteiger charge is 2.42. The molecule has 1 amide bonds. The van der Waals surface area contributed by atoms with Crippen LogP contribution in [0.4, 0.5) is 13.2 Å². The summed E-state index contributed by atoms with van der Waals surface area (Å²) < 4.78 is 72.4. The molecular weight excluding hydrogens is 513 g/mol. The highest BCUT2D eigenvalue weighted by Crippen LogP contribution is 2.34. The van der Waals surface area contributed by atoms with Gasteiger partial charge in [0.1, 0.15) is 11.4 Å². The van der Waals surface area contributed by atoms with Gasteiger partial charge in [0, 0.05) is 36.9 Å². The van der Waals surface area contributed by atoms with E-state index in [1.165, 1.54) is 30.5 Å². The van der Waals surface area contributed by atoms with E-state index >= 15 is 0 Å². The SMILES string of the molecule is CS(=O)(=O)c1ccc(-c2ncc(OCC3CCN(C(=O)C4CCC4)CC3)cc2OC(=O)C(F)(F)F)cc1. The lowest BCUT2D eigenvalue weighted by Gasteiger charge is -2.36. The molecule has 1 aliphatic heterocycles. The monoisotopic (exact) mass is 540 g/mol. The number of hydrogen-bond acceptors (Lipinski definition) is 7. The Morgan fingerprint density at radius 1 is 1.08 bits per heavy atom. The summed E-state index contributed by atoms with van der Waals surface area (Å²) in [4.78, 5) is 30.0. The Kier molecular flexibility index (Phi) is 7.77. The molecule has 8 nitrogen and oxygen atoms in total. The van der Waals surface area contributed by atoms with Crippen molar-refractivity contribution < 1.29 is 40.7 Å². The van der Waals surface area contributed by atoms with Crippen molar-refractivity contribution in [2.75, 3.05) is 26.0 Å². The smallest absolute Gasteiger partial charge is 0.491 e. The topological polar surface area (TPSA) is 103 Å². The van der Waals surface area contributed by atoms with E-state index < -0.39 is 27.7 Å². The van der Waals surface area contributed by atoms with E-state index in [9.17, 15) is 31.2 Å². The minimum absolute atomic E-state index is 0.0190. The number of esters is 1. The van der Waals surface area contributed by atoms with Gasteiger partial charge >= 0.3 is 12.1 Å². The van der Waals surface area contributed by atoms with Gasteiger partial charge in [-0.05, 0) is 43.7 Å². The Hall–Kier alpha value is -3.15. The van der Waals surface area contributed by atoms with Gasteiger partial charge in [0.2, 0.25) is 5.91 Å². The molecule has 2 fully saturated rings. The zero-order chi connectivity index (χ0) is 26.8. The van der Waals surface area contributed by atoms with E-state index in [1.807, 2.05) is 4.90 Å². The van der Waals surface area contributed by atoms with Crippen LogP contribution in [0.25, 0.3) is 11.3 Å². The fourth-order valence-corrected chi connectivity index (χ4v) is 4.90.